The molecule has 0 amide bonds. The van der Waals surface area contributed by atoms with Gasteiger partial charge in [-0.15, -0.1) is 0 Å². The summed E-state index contributed by atoms with van der Waals surface area (Å²) in [4.78, 5) is 13.4. The molecule has 2 fully saturated rings. The number of carboxylic acids is 1. The second-order valence-electron chi connectivity index (χ2n) is 6.26. The topological polar surface area (TPSA) is 59.0 Å². The Bertz CT molecular complexity index is 716. The maximum atomic E-state index is 11.2. The fraction of sp³-hybridized carbons (Fsp3) is 0.316. The van der Waals surface area contributed by atoms with Gasteiger partial charge in [0.1, 0.15) is 6.10 Å². The predicted octanol–water partition coefficient (Wildman–Crippen LogP) is 2.36. The van der Waals surface area contributed by atoms with Crippen LogP contribution in [-0.2, 0) is 20.8 Å². The van der Waals surface area contributed by atoms with Crippen molar-refractivity contribution in [3.8, 4) is 11.1 Å². The Balaban J connectivity index is 1.42. The average molecular weight is 325 g/mol. The van der Waals surface area contributed by atoms with Crippen molar-refractivity contribution in [3.63, 3.8) is 0 Å². The Morgan fingerprint density at radius 2 is 1.71 bits per heavy atom. The number of morpholine rings is 1. The first-order valence-corrected chi connectivity index (χ1v) is 8.09. The lowest BCUT2D eigenvalue weighted by Gasteiger charge is -2.30. The van der Waals surface area contributed by atoms with Crippen molar-refractivity contribution in [3.05, 3.63) is 60.2 Å². The van der Waals surface area contributed by atoms with E-state index in [1.165, 1.54) is 16.7 Å². The number of carbonyl (C=O) groups is 1. The molecule has 124 valence electrons. The highest BCUT2D eigenvalue weighted by Crippen LogP contribution is 2.27. The van der Waals surface area contributed by atoms with Gasteiger partial charge in [0.25, 0.3) is 0 Å². The molecule has 0 saturated carbocycles. The van der Waals surface area contributed by atoms with Crippen LogP contribution in [0.2, 0.25) is 0 Å². The first-order valence-electron chi connectivity index (χ1n) is 8.09. The van der Waals surface area contributed by atoms with E-state index in [1.54, 1.807) is 0 Å². The second-order valence-corrected chi connectivity index (χ2v) is 6.26. The van der Waals surface area contributed by atoms with E-state index in [0.717, 1.165) is 6.54 Å². The molecule has 5 nitrogen and oxygen atoms in total. The molecule has 0 unspecified atom stereocenters. The molecular formula is C19H19NO4. The summed E-state index contributed by atoms with van der Waals surface area (Å²) in [5.41, 5.74) is 3.59. The quantitative estimate of drug-likeness (QED) is 0.935. The second kappa shape index (κ2) is 6.36. The smallest absolute Gasteiger partial charge is 0.335 e. The zero-order chi connectivity index (χ0) is 16.5. The number of aliphatic carboxylic acids is 1. The van der Waals surface area contributed by atoms with Crippen molar-refractivity contribution in [2.45, 2.75) is 25.0 Å². The number of rotatable bonds is 4. The summed E-state index contributed by atoms with van der Waals surface area (Å²) in [6, 6.07) is 18.8. The third-order valence-electron chi connectivity index (χ3n) is 4.52. The standard InChI is InChI=1S/C19H19NO4/c21-19(22)18-16-11-20(12-17(23-16)24-18)10-13-6-8-15(9-7-13)14-4-2-1-3-5-14/h1-9,16-18H,10-12H2,(H,21,22)/t16-,17-,18+/m0/s1. The Labute approximate surface area is 140 Å². The molecular weight excluding hydrogens is 306 g/mol. The molecule has 2 aliphatic rings. The fourth-order valence-corrected chi connectivity index (χ4v) is 3.35. The van der Waals surface area contributed by atoms with Gasteiger partial charge in [0.05, 0.1) is 6.54 Å². The van der Waals surface area contributed by atoms with Crippen LogP contribution in [0.25, 0.3) is 11.1 Å². The first kappa shape index (κ1) is 15.3. The van der Waals surface area contributed by atoms with Crippen molar-refractivity contribution in [1.29, 1.82) is 0 Å². The molecule has 2 bridgehead atoms. The van der Waals surface area contributed by atoms with E-state index < -0.39 is 18.4 Å². The monoisotopic (exact) mass is 325 g/mol. The largest absolute Gasteiger partial charge is 0.479 e. The minimum Gasteiger partial charge on any atom is -0.479 e. The Hall–Kier alpha value is -2.21. The maximum Gasteiger partial charge on any atom is 0.335 e. The van der Waals surface area contributed by atoms with Crippen LogP contribution in [0, 0.1) is 0 Å². The summed E-state index contributed by atoms with van der Waals surface area (Å²) in [6.45, 7) is 1.94. The van der Waals surface area contributed by atoms with Crippen LogP contribution in [0.5, 0.6) is 0 Å². The van der Waals surface area contributed by atoms with Gasteiger partial charge >= 0.3 is 5.97 Å². The average Bonchev–Trinajstić information content (AvgIpc) is 2.91. The summed E-state index contributed by atoms with van der Waals surface area (Å²) in [5.74, 6) is -0.948. The fourth-order valence-electron chi connectivity index (χ4n) is 3.35. The van der Waals surface area contributed by atoms with E-state index in [-0.39, 0.29) is 6.10 Å². The number of ether oxygens (including phenoxy) is 2. The summed E-state index contributed by atoms with van der Waals surface area (Å²) >= 11 is 0. The Kier molecular flexibility index (Phi) is 4.06. The van der Waals surface area contributed by atoms with Gasteiger partial charge in [-0.3, -0.25) is 4.90 Å². The minimum absolute atomic E-state index is 0.384. The molecule has 3 atom stereocenters. The molecule has 24 heavy (non-hydrogen) atoms. The number of hydrogen-bond donors (Lipinski definition) is 1. The summed E-state index contributed by atoms with van der Waals surface area (Å²) in [5, 5.41) is 9.15. The lowest BCUT2D eigenvalue weighted by atomic mass is 10.0. The highest BCUT2D eigenvalue weighted by molar-refractivity contribution is 5.73. The van der Waals surface area contributed by atoms with Gasteiger partial charge in [-0.25, -0.2) is 4.79 Å². The summed E-state index contributed by atoms with van der Waals surface area (Å²) in [6.07, 6.45) is -1.67. The third-order valence-corrected chi connectivity index (χ3v) is 4.52. The maximum absolute atomic E-state index is 11.2. The Morgan fingerprint density at radius 3 is 2.42 bits per heavy atom. The normalized spacial score (nSPS) is 26.4. The zero-order valence-corrected chi connectivity index (χ0v) is 13.2. The molecule has 0 aromatic heterocycles. The molecule has 2 saturated heterocycles. The lowest BCUT2D eigenvalue weighted by molar-refractivity contribution is -0.150. The van der Waals surface area contributed by atoms with E-state index in [9.17, 15) is 4.79 Å². The Morgan fingerprint density at radius 1 is 1.00 bits per heavy atom. The molecule has 5 heteroatoms. The number of nitrogens with zero attached hydrogens (tertiary/aromatic N) is 1. The predicted molar refractivity (Wildman–Crippen MR) is 88.3 cm³/mol. The van der Waals surface area contributed by atoms with Crippen LogP contribution < -0.4 is 0 Å². The molecule has 2 aromatic rings. The van der Waals surface area contributed by atoms with Gasteiger partial charge in [-0.2, -0.15) is 0 Å². The van der Waals surface area contributed by atoms with Crippen molar-refractivity contribution >= 4 is 5.97 Å². The molecule has 0 aliphatic carbocycles. The molecule has 2 aromatic carbocycles. The first-order chi connectivity index (χ1) is 11.7. The van der Waals surface area contributed by atoms with E-state index in [1.807, 2.05) is 18.2 Å². The minimum atomic E-state index is -0.948. The molecule has 4 rings (SSSR count). The van der Waals surface area contributed by atoms with Gasteiger partial charge in [-0.05, 0) is 16.7 Å². The van der Waals surface area contributed by atoms with E-state index >= 15 is 0 Å². The van der Waals surface area contributed by atoms with Crippen molar-refractivity contribution in [2.75, 3.05) is 13.1 Å². The van der Waals surface area contributed by atoms with E-state index in [0.29, 0.717) is 13.1 Å². The number of fused-ring (bicyclic) bond motifs is 2. The van der Waals surface area contributed by atoms with Gasteiger partial charge < -0.3 is 14.6 Å². The highest BCUT2D eigenvalue weighted by atomic mass is 16.7. The van der Waals surface area contributed by atoms with Crippen molar-refractivity contribution in [2.24, 2.45) is 0 Å². The molecule has 0 radical (unpaired) electrons. The third kappa shape index (κ3) is 3.06. The van der Waals surface area contributed by atoms with Crippen LogP contribution >= 0.6 is 0 Å². The van der Waals surface area contributed by atoms with Crippen LogP contribution in [-0.4, -0.2) is 47.6 Å². The molecule has 2 heterocycles. The molecule has 0 spiro atoms. The van der Waals surface area contributed by atoms with Gasteiger partial charge in [0, 0.05) is 13.1 Å². The van der Waals surface area contributed by atoms with Gasteiger partial charge in [0.2, 0.25) is 0 Å². The van der Waals surface area contributed by atoms with Crippen molar-refractivity contribution in [1.82, 2.24) is 4.90 Å². The van der Waals surface area contributed by atoms with Crippen LogP contribution in [0.4, 0.5) is 0 Å². The van der Waals surface area contributed by atoms with Crippen LogP contribution in [0.15, 0.2) is 54.6 Å². The summed E-state index contributed by atoms with van der Waals surface area (Å²) < 4.78 is 11.0. The zero-order valence-electron chi connectivity index (χ0n) is 13.2. The van der Waals surface area contributed by atoms with Crippen LogP contribution in [0.3, 0.4) is 0 Å². The van der Waals surface area contributed by atoms with Crippen LogP contribution in [0.1, 0.15) is 5.56 Å². The molecule has 1 N–H and O–H groups in total. The highest BCUT2D eigenvalue weighted by Gasteiger charge is 2.45. The van der Waals surface area contributed by atoms with Gasteiger partial charge in [-0.1, -0.05) is 54.6 Å². The SMILES string of the molecule is O=C(O)[C@@H]1O[C@H]2CN(Cc3ccc(-c4ccccc4)cc3)C[C@@H]1O2. The van der Waals surface area contributed by atoms with Gasteiger partial charge in [0.15, 0.2) is 12.4 Å². The van der Waals surface area contributed by atoms with Crippen molar-refractivity contribution < 1.29 is 19.4 Å². The number of hydrogen-bond acceptors (Lipinski definition) is 4. The lowest BCUT2D eigenvalue weighted by Crippen LogP contribution is -2.44. The number of carboxylic acid groups (broad SMARTS) is 1. The number of benzene rings is 2. The molecule has 2 aliphatic heterocycles. The van der Waals surface area contributed by atoms with E-state index in [4.69, 9.17) is 14.6 Å². The summed E-state index contributed by atoms with van der Waals surface area (Å²) in [7, 11) is 0. The van der Waals surface area contributed by atoms with E-state index in [2.05, 4.69) is 41.3 Å².